The molecule has 0 spiro atoms. The van der Waals surface area contributed by atoms with Crippen LogP contribution in [0, 0.1) is 0 Å². The number of nitrogens with one attached hydrogen (secondary N) is 2. The quantitative estimate of drug-likeness (QED) is 0.263. The summed E-state index contributed by atoms with van der Waals surface area (Å²) in [7, 11) is 0. The summed E-state index contributed by atoms with van der Waals surface area (Å²) in [6, 6.07) is 7.19. The zero-order valence-electron chi connectivity index (χ0n) is 20.7. The number of fused-ring (bicyclic) bond motifs is 3. The van der Waals surface area contributed by atoms with Gasteiger partial charge in [0, 0.05) is 34.8 Å². The Morgan fingerprint density at radius 1 is 1.17 bits per heavy atom. The Morgan fingerprint density at radius 3 is 2.74 bits per heavy atom. The number of aromatic hydroxyl groups is 1. The maximum absolute atomic E-state index is 12.9. The van der Waals surface area contributed by atoms with Crippen LogP contribution in [0.1, 0.15) is 55.6 Å². The second-order valence-corrected chi connectivity index (χ2v) is 8.74. The normalized spacial score (nSPS) is 14.9. The first-order valence-corrected chi connectivity index (χ1v) is 12.4. The summed E-state index contributed by atoms with van der Waals surface area (Å²) in [5.74, 6) is -0.329. The molecule has 1 atom stereocenters. The van der Waals surface area contributed by atoms with E-state index in [0.717, 1.165) is 36.9 Å². The second-order valence-electron chi connectivity index (χ2n) is 8.74. The van der Waals surface area contributed by atoms with Gasteiger partial charge >= 0.3 is 5.97 Å². The number of phenolic OH excluding ortho intramolecular Hbond substituents is 1. The monoisotopic (exact) mass is 474 g/mol. The number of likely N-dealkylation sites (N-methyl/N-ethyl adjacent to an activating group) is 1. The van der Waals surface area contributed by atoms with Crippen molar-refractivity contribution >= 4 is 27.7 Å². The molecule has 184 valence electrons. The number of furan rings is 1. The van der Waals surface area contributed by atoms with E-state index >= 15 is 0 Å². The Hall–Kier alpha value is -3.35. The van der Waals surface area contributed by atoms with E-state index in [0.29, 0.717) is 34.0 Å². The van der Waals surface area contributed by atoms with Crippen LogP contribution in [0.25, 0.3) is 21.7 Å². The largest absolute Gasteiger partial charge is 0.507 e. The van der Waals surface area contributed by atoms with Crippen molar-refractivity contribution in [2.45, 2.75) is 39.7 Å². The number of hydrogen-bond acceptors (Lipinski definition) is 6. The summed E-state index contributed by atoms with van der Waals surface area (Å²) in [6.45, 7) is 8.54. The van der Waals surface area contributed by atoms with Gasteiger partial charge in [0.05, 0.1) is 12.6 Å². The summed E-state index contributed by atoms with van der Waals surface area (Å²) in [5.41, 5.74) is 3.80. The summed E-state index contributed by atoms with van der Waals surface area (Å²) in [5, 5.41) is 20.7. The van der Waals surface area contributed by atoms with Crippen LogP contribution >= 0.6 is 0 Å². The molecule has 1 unspecified atom stereocenters. The van der Waals surface area contributed by atoms with Crippen molar-refractivity contribution in [2.75, 3.05) is 26.2 Å². The van der Waals surface area contributed by atoms with E-state index in [1.165, 1.54) is 11.8 Å². The van der Waals surface area contributed by atoms with Crippen molar-refractivity contribution in [1.82, 2.24) is 10.6 Å². The summed E-state index contributed by atoms with van der Waals surface area (Å²) in [6.07, 6.45) is 11.9. The Morgan fingerprint density at radius 2 is 1.97 bits per heavy atom. The van der Waals surface area contributed by atoms with Gasteiger partial charge < -0.3 is 24.9 Å². The molecule has 0 amide bonds. The number of esters is 1. The number of allylic oxidation sites excluding steroid dienone is 4. The summed E-state index contributed by atoms with van der Waals surface area (Å²) in [4.78, 5) is 12.9. The highest BCUT2D eigenvalue weighted by Crippen LogP contribution is 2.45. The van der Waals surface area contributed by atoms with Gasteiger partial charge in [-0.2, -0.15) is 0 Å². The third-order valence-electron chi connectivity index (χ3n) is 6.34. The smallest absolute Gasteiger partial charge is 0.342 e. The second kappa shape index (κ2) is 11.4. The van der Waals surface area contributed by atoms with E-state index in [1.54, 1.807) is 6.92 Å². The first kappa shape index (κ1) is 24.8. The van der Waals surface area contributed by atoms with Gasteiger partial charge in [-0.15, -0.1) is 0 Å². The van der Waals surface area contributed by atoms with Crippen molar-refractivity contribution in [3.8, 4) is 5.75 Å². The molecule has 0 radical (unpaired) electrons. The number of phenols is 1. The van der Waals surface area contributed by atoms with Gasteiger partial charge in [-0.25, -0.2) is 4.79 Å². The predicted octanol–water partition coefficient (Wildman–Crippen LogP) is 5.93. The number of hydrogen-bond donors (Lipinski definition) is 3. The van der Waals surface area contributed by atoms with Gasteiger partial charge in [0.25, 0.3) is 0 Å². The molecule has 4 rings (SSSR count). The lowest BCUT2D eigenvalue weighted by Crippen LogP contribution is -2.31. The fourth-order valence-electron chi connectivity index (χ4n) is 4.58. The van der Waals surface area contributed by atoms with Crippen LogP contribution in [0.4, 0.5) is 0 Å². The van der Waals surface area contributed by atoms with Crippen LogP contribution in [0.5, 0.6) is 5.75 Å². The fraction of sp³-hybridized carbons (Fsp3) is 0.345. The van der Waals surface area contributed by atoms with Gasteiger partial charge in [-0.1, -0.05) is 61.1 Å². The highest BCUT2D eigenvalue weighted by atomic mass is 16.5. The zero-order valence-corrected chi connectivity index (χ0v) is 20.7. The van der Waals surface area contributed by atoms with Crippen LogP contribution in [0.3, 0.4) is 0 Å². The fourth-order valence-corrected chi connectivity index (χ4v) is 4.58. The molecule has 35 heavy (non-hydrogen) atoms. The molecule has 0 saturated carbocycles. The summed E-state index contributed by atoms with van der Waals surface area (Å²) < 4.78 is 11.3. The molecular weight excluding hydrogens is 440 g/mol. The van der Waals surface area contributed by atoms with Crippen molar-refractivity contribution in [1.29, 1.82) is 0 Å². The van der Waals surface area contributed by atoms with Crippen LogP contribution in [0.2, 0.25) is 0 Å². The molecule has 0 aliphatic heterocycles. The van der Waals surface area contributed by atoms with Crippen LogP contribution < -0.4 is 10.6 Å². The van der Waals surface area contributed by atoms with Crippen molar-refractivity contribution in [2.24, 2.45) is 0 Å². The van der Waals surface area contributed by atoms with E-state index in [1.807, 2.05) is 24.3 Å². The third kappa shape index (κ3) is 5.19. The molecular formula is C29H34N2O4. The van der Waals surface area contributed by atoms with Gasteiger partial charge in [-0.3, -0.25) is 0 Å². The Balaban J connectivity index is 1.99. The molecule has 1 heterocycles. The lowest BCUT2D eigenvalue weighted by Gasteiger charge is -2.24. The molecule has 2 aromatic carbocycles. The average molecular weight is 475 g/mol. The number of rotatable bonds is 9. The molecule has 0 saturated heterocycles. The molecule has 1 aliphatic carbocycles. The Labute approximate surface area is 206 Å². The van der Waals surface area contributed by atoms with E-state index in [2.05, 4.69) is 48.8 Å². The van der Waals surface area contributed by atoms with E-state index in [9.17, 15) is 9.90 Å². The number of ether oxygens (including phenoxy) is 1. The van der Waals surface area contributed by atoms with Gasteiger partial charge in [0.1, 0.15) is 23.2 Å². The zero-order chi connectivity index (χ0) is 24.8. The number of benzene rings is 2. The van der Waals surface area contributed by atoms with E-state index in [4.69, 9.17) is 9.15 Å². The molecule has 0 fully saturated rings. The highest BCUT2D eigenvalue weighted by molar-refractivity contribution is 6.16. The van der Waals surface area contributed by atoms with Gasteiger partial charge in [-0.05, 0) is 38.8 Å². The minimum atomic E-state index is -0.466. The molecule has 3 aromatic rings. The maximum atomic E-state index is 12.9. The maximum Gasteiger partial charge on any atom is 0.342 e. The molecule has 1 aromatic heterocycles. The SMILES string of the molecule is CCNCCNC(C1=CC=C(C)CCC=C1)c1c(O)c2ccccc2c2occ(C(=O)OCC)c12. The molecule has 0 bridgehead atoms. The van der Waals surface area contributed by atoms with Crippen molar-refractivity contribution in [3.63, 3.8) is 0 Å². The molecule has 6 heteroatoms. The third-order valence-corrected chi connectivity index (χ3v) is 6.34. The van der Waals surface area contributed by atoms with Crippen LogP contribution in [-0.4, -0.2) is 37.3 Å². The van der Waals surface area contributed by atoms with E-state index < -0.39 is 5.97 Å². The first-order chi connectivity index (χ1) is 17.1. The molecule has 6 nitrogen and oxygen atoms in total. The molecule has 1 aliphatic rings. The van der Waals surface area contributed by atoms with Gasteiger partial charge in [0.15, 0.2) is 0 Å². The molecule has 3 N–H and O–H groups in total. The lowest BCUT2D eigenvalue weighted by atomic mass is 9.88. The highest BCUT2D eigenvalue weighted by Gasteiger charge is 2.29. The van der Waals surface area contributed by atoms with E-state index in [-0.39, 0.29) is 18.4 Å². The Bertz CT molecular complexity index is 1300. The van der Waals surface area contributed by atoms with Crippen molar-refractivity contribution in [3.05, 3.63) is 77.1 Å². The topological polar surface area (TPSA) is 83.7 Å². The summed E-state index contributed by atoms with van der Waals surface area (Å²) >= 11 is 0. The Kier molecular flexibility index (Phi) is 8.06. The minimum Gasteiger partial charge on any atom is -0.507 e. The standard InChI is InChI=1S/C29H34N2O4/c1-4-30-16-17-31-26(20-11-7-6-10-19(3)14-15-20)25-24-23(29(33)34-5-2)18-35-28(24)22-13-9-8-12-21(22)27(25)32/h7-9,11-15,18,26,30-32H,4-6,10,16-17H2,1-3H3. The van der Waals surface area contributed by atoms with Gasteiger partial charge in [0.2, 0.25) is 0 Å². The number of carbonyl (C=O) groups excluding carboxylic acids is 1. The minimum absolute atomic E-state index is 0.137. The van der Waals surface area contributed by atoms with Crippen molar-refractivity contribution < 1.29 is 19.1 Å². The van der Waals surface area contributed by atoms with Crippen LogP contribution in [-0.2, 0) is 4.74 Å². The predicted molar refractivity (Wildman–Crippen MR) is 141 cm³/mol. The first-order valence-electron chi connectivity index (χ1n) is 12.4. The van der Waals surface area contributed by atoms with Crippen LogP contribution in [0.15, 0.2) is 70.4 Å². The lowest BCUT2D eigenvalue weighted by molar-refractivity contribution is 0.0527. The number of carbonyl (C=O) groups is 1. The average Bonchev–Trinajstić information content (AvgIpc) is 3.29.